The Morgan fingerprint density at radius 1 is 0.750 bits per heavy atom. The van der Waals surface area contributed by atoms with Gasteiger partial charge in [-0.25, -0.2) is 0 Å². The summed E-state index contributed by atoms with van der Waals surface area (Å²) in [5, 5.41) is 17.3. The molecule has 124 valence electrons. The molecule has 2 unspecified atom stereocenters. The normalized spacial score (nSPS) is 13.5. The van der Waals surface area contributed by atoms with Crippen LogP contribution < -0.4 is 0 Å². The molecule has 0 spiro atoms. The quantitative estimate of drug-likeness (QED) is 0.486. The first kappa shape index (κ1) is 22.2. The van der Waals surface area contributed by atoms with E-state index in [1.807, 2.05) is 0 Å². The average molecular weight is 289 g/mol. The van der Waals surface area contributed by atoms with Crippen LogP contribution in [-0.4, -0.2) is 23.4 Å². The molecule has 20 heavy (non-hydrogen) atoms. The molecule has 0 aromatic carbocycles. The minimum Gasteiger partial charge on any atom is -0.396 e. The van der Waals surface area contributed by atoms with Crippen molar-refractivity contribution in [3.05, 3.63) is 0 Å². The summed E-state index contributed by atoms with van der Waals surface area (Å²) in [5.74, 6) is 1.37. The summed E-state index contributed by atoms with van der Waals surface area (Å²) in [7, 11) is 0. The van der Waals surface area contributed by atoms with Crippen molar-refractivity contribution in [2.45, 2.75) is 91.9 Å². The average Bonchev–Trinajstić information content (AvgIpc) is 2.48. The molecule has 0 fully saturated rings. The van der Waals surface area contributed by atoms with E-state index in [9.17, 15) is 0 Å². The molecule has 0 saturated heterocycles. The predicted octanol–water partition coefficient (Wildman–Crippen LogP) is 5.17. The number of hydrogen-bond donors (Lipinski definition) is 2. The predicted molar refractivity (Wildman–Crippen MR) is 90.0 cm³/mol. The minimum absolute atomic E-state index is 0.353. The second-order valence-corrected chi connectivity index (χ2v) is 6.07. The maximum absolute atomic E-state index is 8.69. The highest BCUT2D eigenvalue weighted by molar-refractivity contribution is 4.55. The van der Waals surface area contributed by atoms with E-state index in [2.05, 4.69) is 27.7 Å². The van der Waals surface area contributed by atoms with Crippen molar-refractivity contribution in [3.63, 3.8) is 0 Å². The van der Waals surface area contributed by atoms with Gasteiger partial charge in [0, 0.05) is 13.2 Å². The van der Waals surface area contributed by atoms with E-state index < -0.39 is 0 Å². The van der Waals surface area contributed by atoms with Crippen LogP contribution in [0.5, 0.6) is 0 Å². The molecule has 2 N–H and O–H groups in total. The Balaban J connectivity index is 0. The van der Waals surface area contributed by atoms with Crippen molar-refractivity contribution in [2.75, 3.05) is 13.2 Å². The molecule has 0 heterocycles. The van der Waals surface area contributed by atoms with E-state index in [1.165, 1.54) is 57.8 Å². The van der Waals surface area contributed by atoms with Gasteiger partial charge < -0.3 is 10.2 Å². The Labute approximate surface area is 128 Å². The van der Waals surface area contributed by atoms with Crippen molar-refractivity contribution >= 4 is 0 Å². The molecule has 2 nitrogen and oxygen atoms in total. The largest absolute Gasteiger partial charge is 0.396 e. The fraction of sp³-hybridized carbons (Fsp3) is 1.00. The lowest BCUT2D eigenvalue weighted by atomic mass is 9.96. The van der Waals surface area contributed by atoms with Gasteiger partial charge in [0.2, 0.25) is 0 Å². The molecule has 2 atom stereocenters. The molecule has 0 aliphatic heterocycles. The lowest BCUT2D eigenvalue weighted by molar-refractivity contribution is 0.227. The fourth-order valence-corrected chi connectivity index (χ4v) is 2.35. The van der Waals surface area contributed by atoms with Crippen LogP contribution in [0.15, 0.2) is 0 Å². The fourth-order valence-electron chi connectivity index (χ4n) is 2.35. The van der Waals surface area contributed by atoms with E-state index in [0.29, 0.717) is 19.1 Å². The summed E-state index contributed by atoms with van der Waals surface area (Å²) in [6.07, 6.45) is 12.5. The van der Waals surface area contributed by atoms with Gasteiger partial charge in [0.25, 0.3) is 0 Å². The molecule has 0 saturated carbocycles. The van der Waals surface area contributed by atoms with Crippen LogP contribution in [0.1, 0.15) is 91.9 Å². The van der Waals surface area contributed by atoms with Crippen molar-refractivity contribution in [1.82, 2.24) is 0 Å². The van der Waals surface area contributed by atoms with E-state index in [-0.39, 0.29) is 0 Å². The number of aliphatic hydroxyl groups is 2. The van der Waals surface area contributed by atoms with Crippen molar-refractivity contribution in [3.8, 4) is 0 Å². The SMILES string of the molecule is CCCC(CC)CCCO.CCCCCCC(C)CO. The Morgan fingerprint density at radius 3 is 1.90 bits per heavy atom. The van der Waals surface area contributed by atoms with Crippen molar-refractivity contribution < 1.29 is 10.2 Å². The van der Waals surface area contributed by atoms with Crippen LogP contribution >= 0.6 is 0 Å². The Morgan fingerprint density at radius 2 is 1.45 bits per heavy atom. The summed E-state index contributed by atoms with van der Waals surface area (Å²) in [5.41, 5.74) is 0. The van der Waals surface area contributed by atoms with Gasteiger partial charge >= 0.3 is 0 Å². The lowest BCUT2D eigenvalue weighted by Crippen LogP contribution is -1.99. The van der Waals surface area contributed by atoms with Gasteiger partial charge in [0.1, 0.15) is 0 Å². The molecule has 0 amide bonds. The molecule has 0 aromatic rings. The van der Waals surface area contributed by atoms with Gasteiger partial charge in [-0.05, 0) is 31.1 Å². The Bertz CT molecular complexity index is 159. The molecular formula is C18H40O2. The summed E-state index contributed by atoms with van der Waals surface area (Å²) in [6, 6.07) is 0. The zero-order valence-electron chi connectivity index (χ0n) is 14.5. The van der Waals surface area contributed by atoms with Crippen LogP contribution in [0.4, 0.5) is 0 Å². The van der Waals surface area contributed by atoms with Crippen LogP contribution in [-0.2, 0) is 0 Å². The summed E-state index contributed by atoms with van der Waals surface area (Å²) in [6.45, 7) is 9.49. The first-order valence-corrected chi connectivity index (χ1v) is 8.87. The molecule has 2 heteroatoms. The van der Waals surface area contributed by atoms with Gasteiger partial charge in [-0.2, -0.15) is 0 Å². The summed E-state index contributed by atoms with van der Waals surface area (Å²) >= 11 is 0. The van der Waals surface area contributed by atoms with Crippen molar-refractivity contribution in [1.29, 1.82) is 0 Å². The number of aliphatic hydroxyl groups excluding tert-OH is 2. The second-order valence-electron chi connectivity index (χ2n) is 6.07. The monoisotopic (exact) mass is 288 g/mol. The van der Waals surface area contributed by atoms with Gasteiger partial charge in [0.05, 0.1) is 0 Å². The van der Waals surface area contributed by atoms with E-state index in [0.717, 1.165) is 12.3 Å². The highest BCUT2D eigenvalue weighted by Gasteiger charge is 2.02. The highest BCUT2D eigenvalue weighted by atomic mass is 16.3. The van der Waals surface area contributed by atoms with E-state index >= 15 is 0 Å². The number of unbranched alkanes of at least 4 members (excludes halogenated alkanes) is 3. The third-order valence-corrected chi connectivity index (χ3v) is 3.91. The van der Waals surface area contributed by atoms with Gasteiger partial charge in [0.15, 0.2) is 0 Å². The third kappa shape index (κ3) is 17.9. The number of rotatable bonds is 12. The Kier molecular flexibility index (Phi) is 21.0. The molecule has 0 aliphatic carbocycles. The zero-order valence-corrected chi connectivity index (χ0v) is 14.5. The van der Waals surface area contributed by atoms with Crippen LogP contribution in [0.25, 0.3) is 0 Å². The molecular weight excluding hydrogens is 248 g/mol. The van der Waals surface area contributed by atoms with Gasteiger partial charge in [-0.3, -0.25) is 0 Å². The van der Waals surface area contributed by atoms with Gasteiger partial charge in [-0.15, -0.1) is 0 Å². The maximum Gasteiger partial charge on any atom is 0.0456 e. The van der Waals surface area contributed by atoms with Crippen molar-refractivity contribution in [2.24, 2.45) is 11.8 Å². The summed E-state index contributed by atoms with van der Waals surface area (Å²) in [4.78, 5) is 0. The molecule has 0 radical (unpaired) electrons. The molecule has 0 rings (SSSR count). The summed E-state index contributed by atoms with van der Waals surface area (Å²) < 4.78 is 0. The van der Waals surface area contributed by atoms with Crippen LogP contribution in [0, 0.1) is 11.8 Å². The lowest BCUT2D eigenvalue weighted by Gasteiger charge is -2.11. The highest BCUT2D eigenvalue weighted by Crippen LogP contribution is 2.16. The van der Waals surface area contributed by atoms with Crippen LogP contribution in [0.2, 0.25) is 0 Å². The number of hydrogen-bond acceptors (Lipinski definition) is 2. The molecule has 0 bridgehead atoms. The van der Waals surface area contributed by atoms with Crippen LogP contribution in [0.3, 0.4) is 0 Å². The third-order valence-electron chi connectivity index (χ3n) is 3.91. The standard InChI is InChI=1S/2C9H20O/c1-3-4-5-6-7-9(2)8-10;1-3-6-9(4-2)7-5-8-10/h2*9-10H,3-8H2,1-2H3. The maximum atomic E-state index is 8.69. The second kappa shape index (κ2) is 18.9. The topological polar surface area (TPSA) is 40.5 Å². The molecule has 0 aromatic heterocycles. The zero-order chi connectivity index (χ0) is 15.6. The Hall–Kier alpha value is -0.0800. The van der Waals surface area contributed by atoms with E-state index in [1.54, 1.807) is 0 Å². The minimum atomic E-state index is 0.353. The first-order chi connectivity index (χ1) is 9.65. The van der Waals surface area contributed by atoms with E-state index in [4.69, 9.17) is 10.2 Å². The van der Waals surface area contributed by atoms with Gasteiger partial charge in [-0.1, -0.05) is 72.6 Å². The first-order valence-electron chi connectivity index (χ1n) is 8.87. The smallest absolute Gasteiger partial charge is 0.0456 e. The molecule has 0 aliphatic rings.